The number of hydrogen-bond donors (Lipinski definition) is 0. The molecule has 1 aromatic rings. The fraction of sp³-hybridized carbons (Fsp3) is 0.333. The molecule has 0 heterocycles. The average molecular weight is 240 g/mol. The lowest BCUT2D eigenvalue weighted by Gasteiger charge is -2.19. The van der Waals surface area contributed by atoms with Crippen LogP contribution in [-0.2, 0) is 16.0 Å². The minimum atomic E-state index is -0.202. The Morgan fingerprint density at radius 3 is 2.38 bits per heavy atom. The van der Waals surface area contributed by atoms with Crippen molar-refractivity contribution < 1.29 is 9.59 Å². The molecule has 4 heteroatoms. The van der Waals surface area contributed by atoms with Gasteiger partial charge in [0.1, 0.15) is 0 Å². The molecule has 0 aromatic heterocycles. The van der Waals surface area contributed by atoms with Crippen LogP contribution in [0.1, 0.15) is 19.4 Å². The summed E-state index contributed by atoms with van der Waals surface area (Å²) in [5, 5.41) is 0.632. The Morgan fingerprint density at radius 1 is 1.38 bits per heavy atom. The number of hydrogen-bond acceptors (Lipinski definition) is 2. The minimum absolute atomic E-state index is 0.114. The molecule has 3 nitrogen and oxygen atoms in total. The normalized spacial score (nSPS) is 10.2. The molecule has 0 bridgehead atoms. The van der Waals surface area contributed by atoms with E-state index in [0.29, 0.717) is 11.4 Å². The van der Waals surface area contributed by atoms with Crippen molar-refractivity contribution in [1.29, 1.82) is 0 Å². The highest BCUT2D eigenvalue weighted by Gasteiger charge is 2.15. The maximum Gasteiger partial charge on any atom is 0.233 e. The lowest BCUT2D eigenvalue weighted by atomic mass is 10.1. The van der Waals surface area contributed by atoms with Crippen molar-refractivity contribution in [1.82, 2.24) is 4.90 Å². The first-order chi connectivity index (χ1) is 7.54. The van der Waals surface area contributed by atoms with E-state index in [0.717, 1.165) is 5.56 Å². The fourth-order valence-corrected chi connectivity index (χ4v) is 1.46. The van der Waals surface area contributed by atoms with Crippen LogP contribution in [0.3, 0.4) is 0 Å². The fourth-order valence-electron chi connectivity index (χ4n) is 1.34. The summed E-state index contributed by atoms with van der Waals surface area (Å²) in [6, 6.07) is 6.90. The summed E-state index contributed by atoms with van der Waals surface area (Å²) in [7, 11) is 0. The van der Waals surface area contributed by atoms with Crippen molar-refractivity contribution in [3.63, 3.8) is 0 Å². The maximum absolute atomic E-state index is 11.7. The third-order valence-corrected chi connectivity index (χ3v) is 2.48. The average Bonchev–Trinajstić information content (AvgIpc) is 2.22. The first kappa shape index (κ1) is 12.7. The third kappa shape index (κ3) is 3.35. The molecule has 2 amide bonds. The second kappa shape index (κ2) is 5.66. The van der Waals surface area contributed by atoms with Gasteiger partial charge in [0.15, 0.2) is 0 Å². The number of halogens is 1. The Balaban J connectivity index is 2.70. The number of imide groups is 1. The lowest BCUT2D eigenvalue weighted by molar-refractivity contribution is -0.139. The predicted octanol–water partition coefficient (Wildman–Crippen LogP) is 2.28. The van der Waals surface area contributed by atoms with Gasteiger partial charge in [-0.3, -0.25) is 14.5 Å². The van der Waals surface area contributed by atoms with E-state index >= 15 is 0 Å². The Morgan fingerprint density at radius 2 is 1.94 bits per heavy atom. The van der Waals surface area contributed by atoms with Gasteiger partial charge in [-0.1, -0.05) is 23.7 Å². The van der Waals surface area contributed by atoms with Crippen molar-refractivity contribution in [3.05, 3.63) is 34.9 Å². The molecule has 1 aromatic carbocycles. The van der Waals surface area contributed by atoms with E-state index < -0.39 is 0 Å². The van der Waals surface area contributed by atoms with Crippen LogP contribution < -0.4 is 0 Å². The zero-order valence-electron chi connectivity index (χ0n) is 9.31. The molecule has 0 radical (unpaired) electrons. The molecule has 0 aliphatic heterocycles. The van der Waals surface area contributed by atoms with Gasteiger partial charge in [-0.2, -0.15) is 0 Å². The number of nitrogens with zero attached hydrogens (tertiary/aromatic N) is 1. The Kier molecular flexibility index (Phi) is 4.50. The van der Waals surface area contributed by atoms with E-state index in [-0.39, 0.29) is 18.4 Å². The number of amides is 2. The van der Waals surface area contributed by atoms with Crippen molar-refractivity contribution in [2.45, 2.75) is 26.3 Å². The summed E-state index contributed by atoms with van der Waals surface area (Å²) in [5.41, 5.74) is 0.849. The molecular weight excluding hydrogens is 226 g/mol. The van der Waals surface area contributed by atoms with Crippen LogP contribution in [0.4, 0.5) is 0 Å². The van der Waals surface area contributed by atoms with Gasteiger partial charge in [0.25, 0.3) is 0 Å². The quantitative estimate of drug-likeness (QED) is 0.756. The SMILES string of the molecule is CC(C)N(C=O)C(=O)Cc1ccc(Cl)cc1. The minimum Gasteiger partial charge on any atom is -0.282 e. The van der Waals surface area contributed by atoms with E-state index in [2.05, 4.69) is 0 Å². The first-order valence-electron chi connectivity index (χ1n) is 5.05. The Bertz CT molecular complexity index is 373. The predicted molar refractivity (Wildman–Crippen MR) is 63.2 cm³/mol. The summed E-state index contributed by atoms with van der Waals surface area (Å²) in [4.78, 5) is 23.6. The lowest BCUT2D eigenvalue weighted by Crippen LogP contribution is -2.36. The molecule has 16 heavy (non-hydrogen) atoms. The van der Waals surface area contributed by atoms with E-state index in [1.807, 2.05) is 0 Å². The van der Waals surface area contributed by atoms with Gasteiger partial charge in [-0.25, -0.2) is 0 Å². The number of benzene rings is 1. The van der Waals surface area contributed by atoms with Crippen LogP contribution in [0, 0.1) is 0 Å². The smallest absolute Gasteiger partial charge is 0.233 e. The zero-order chi connectivity index (χ0) is 12.1. The van der Waals surface area contributed by atoms with E-state index in [1.54, 1.807) is 38.1 Å². The second-order valence-electron chi connectivity index (χ2n) is 3.80. The molecule has 0 unspecified atom stereocenters. The van der Waals surface area contributed by atoms with Crippen LogP contribution in [-0.4, -0.2) is 23.3 Å². The summed E-state index contributed by atoms with van der Waals surface area (Å²) in [6.45, 7) is 3.60. The van der Waals surface area contributed by atoms with Crippen LogP contribution in [0.15, 0.2) is 24.3 Å². The molecule has 0 fully saturated rings. The molecule has 0 aliphatic rings. The van der Waals surface area contributed by atoms with Crippen molar-refractivity contribution in [2.24, 2.45) is 0 Å². The van der Waals surface area contributed by atoms with Crippen LogP contribution in [0.25, 0.3) is 0 Å². The molecular formula is C12H14ClNO2. The van der Waals surface area contributed by atoms with Crippen LogP contribution in [0.5, 0.6) is 0 Å². The molecule has 86 valence electrons. The molecule has 0 saturated heterocycles. The summed E-state index contributed by atoms with van der Waals surface area (Å²) in [6.07, 6.45) is 0.789. The van der Waals surface area contributed by atoms with Crippen LogP contribution >= 0.6 is 11.6 Å². The van der Waals surface area contributed by atoms with Crippen molar-refractivity contribution in [2.75, 3.05) is 0 Å². The van der Waals surface area contributed by atoms with Crippen molar-refractivity contribution in [3.8, 4) is 0 Å². The van der Waals surface area contributed by atoms with E-state index in [4.69, 9.17) is 11.6 Å². The monoisotopic (exact) mass is 239 g/mol. The Labute approximate surface area is 100 Å². The zero-order valence-corrected chi connectivity index (χ0v) is 10.1. The molecule has 0 spiro atoms. The third-order valence-electron chi connectivity index (χ3n) is 2.23. The molecule has 1 rings (SSSR count). The molecule has 0 aliphatic carbocycles. The maximum atomic E-state index is 11.7. The first-order valence-corrected chi connectivity index (χ1v) is 5.43. The van der Waals surface area contributed by atoms with E-state index in [9.17, 15) is 9.59 Å². The van der Waals surface area contributed by atoms with Crippen molar-refractivity contribution >= 4 is 23.9 Å². The standard InChI is InChI=1S/C12H14ClNO2/c1-9(2)14(8-15)12(16)7-10-3-5-11(13)6-4-10/h3-6,8-9H,7H2,1-2H3. The van der Waals surface area contributed by atoms with Gasteiger partial charge in [-0.05, 0) is 31.5 Å². The largest absolute Gasteiger partial charge is 0.282 e. The van der Waals surface area contributed by atoms with Gasteiger partial charge >= 0.3 is 0 Å². The number of carbonyl (C=O) groups is 2. The number of rotatable bonds is 4. The molecule has 0 saturated carbocycles. The van der Waals surface area contributed by atoms with Gasteiger partial charge in [-0.15, -0.1) is 0 Å². The summed E-state index contributed by atoms with van der Waals surface area (Å²) in [5.74, 6) is -0.202. The molecule has 0 N–H and O–H groups in total. The highest BCUT2D eigenvalue weighted by atomic mass is 35.5. The van der Waals surface area contributed by atoms with Gasteiger partial charge in [0.2, 0.25) is 12.3 Å². The highest BCUT2D eigenvalue weighted by Crippen LogP contribution is 2.11. The summed E-state index contributed by atoms with van der Waals surface area (Å²) >= 11 is 5.74. The highest BCUT2D eigenvalue weighted by molar-refractivity contribution is 6.30. The van der Waals surface area contributed by atoms with Gasteiger partial charge < -0.3 is 0 Å². The number of carbonyl (C=O) groups excluding carboxylic acids is 2. The van der Waals surface area contributed by atoms with Gasteiger partial charge in [0, 0.05) is 11.1 Å². The van der Waals surface area contributed by atoms with Gasteiger partial charge in [0.05, 0.1) is 6.42 Å². The molecule has 0 atom stereocenters. The second-order valence-corrected chi connectivity index (χ2v) is 4.24. The Hall–Kier alpha value is -1.35. The van der Waals surface area contributed by atoms with E-state index in [1.165, 1.54) is 4.90 Å². The van der Waals surface area contributed by atoms with Crippen LogP contribution in [0.2, 0.25) is 5.02 Å². The summed E-state index contributed by atoms with van der Waals surface area (Å²) < 4.78 is 0. The topological polar surface area (TPSA) is 37.4 Å².